The molecule has 0 spiro atoms. The minimum atomic E-state index is -0.456. The molecule has 5 nitrogen and oxygen atoms in total. The Morgan fingerprint density at radius 1 is 1.10 bits per heavy atom. The van der Waals surface area contributed by atoms with Gasteiger partial charge < -0.3 is 9.47 Å². The summed E-state index contributed by atoms with van der Waals surface area (Å²) in [6.45, 7) is 3.24. The normalized spacial score (nSPS) is 17.8. The van der Waals surface area contributed by atoms with Crippen LogP contribution < -0.4 is 0 Å². The van der Waals surface area contributed by atoms with Gasteiger partial charge in [-0.2, -0.15) is 0 Å². The molecule has 1 heterocycles. The summed E-state index contributed by atoms with van der Waals surface area (Å²) in [4.78, 5) is 25.0. The van der Waals surface area contributed by atoms with E-state index in [2.05, 4.69) is 11.7 Å². The third-order valence-corrected chi connectivity index (χ3v) is 3.93. The molecule has 1 rings (SSSR count). The molecular formula is C16H29NO4. The average molecular weight is 299 g/mol. The van der Waals surface area contributed by atoms with Crippen molar-refractivity contribution in [1.82, 2.24) is 4.90 Å². The summed E-state index contributed by atoms with van der Waals surface area (Å²) in [7, 11) is 1.33. The van der Waals surface area contributed by atoms with Gasteiger partial charge in [0.25, 0.3) is 0 Å². The lowest BCUT2D eigenvalue weighted by atomic mass is 10.1. The van der Waals surface area contributed by atoms with Gasteiger partial charge in [-0.3, -0.25) is 4.90 Å². The van der Waals surface area contributed by atoms with E-state index in [1.165, 1.54) is 44.1 Å². The van der Waals surface area contributed by atoms with Crippen molar-refractivity contribution in [3.05, 3.63) is 0 Å². The van der Waals surface area contributed by atoms with Crippen molar-refractivity contribution in [3.8, 4) is 0 Å². The first-order chi connectivity index (χ1) is 10.2. The van der Waals surface area contributed by atoms with Gasteiger partial charge in [-0.1, -0.05) is 45.4 Å². The number of esters is 1. The first kappa shape index (κ1) is 17.8. The van der Waals surface area contributed by atoms with Gasteiger partial charge in [0, 0.05) is 6.54 Å². The molecular weight excluding hydrogens is 270 g/mol. The highest BCUT2D eigenvalue weighted by Gasteiger charge is 2.35. The Labute approximate surface area is 128 Å². The summed E-state index contributed by atoms with van der Waals surface area (Å²) in [6.07, 6.45) is 9.39. The maximum Gasteiger partial charge on any atom is 0.410 e. The second-order valence-electron chi connectivity index (χ2n) is 5.61. The Hall–Kier alpha value is -1.26. The van der Waals surface area contributed by atoms with E-state index in [1.54, 1.807) is 0 Å². The monoisotopic (exact) mass is 299 g/mol. The summed E-state index contributed by atoms with van der Waals surface area (Å²) >= 11 is 0. The molecule has 5 heteroatoms. The quantitative estimate of drug-likeness (QED) is 0.483. The number of nitrogens with zero attached hydrogens (tertiary/aromatic N) is 1. The highest BCUT2D eigenvalue weighted by Crippen LogP contribution is 2.19. The zero-order chi connectivity index (χ0) is 15.5. The first-order valence-electron chi connectivity index (χ1n) is 8.22. The number of hydrogen-bond acceptors (Lipinski definition) is 4. The average Bonchev–Trinajstić information content (AvgIpc) is 2.98. The molecule has 1 aliphatic heterocycles. The molecule has 122 valence electrons. The number of rotatable bonds is 9. The van der Waals surface area contributed by atoms with Crippen molar-refractivity contribution in [2.45, 2.75) is 70.8 Å². The molecule has 0 aromatic heterocycles. The number of methoxy groups -OCH3 is 1. The molecule has 0 bridgehead atoms. The van der Waals surface area contributed by atoms with E-state index in [1.807, 2.05) is 0 Å². The zero-order valence-corrected chi connectivity index (χ0v) is 13.4. The Balaban J connectivity index is 2.11. The second-order valence-corrected chi connectivity index (χ2v) is 5.61. The number of amides is 1. The lowest BCUT2D eigenvalue weighted by Crippen LogP contribution is -2.41. The molecule has 1 aliphatic rings. The van der Waals surface area contributed by atoms with Crippen LogP contribution >= 0.6 is 0 Å². The van der Waals surface area contributed by atoms with Crippen molar-refractivity contribution >= 4 is 12.1 Å². The molecule has 0 radical (unpaired) electrons. The van der Waals surface area contributed by atoms with Crippen LogP contribution in [0.2, 0.25) is 0 Å². The Morgan fingerprint density at radius 3 is 2.43 bits per heavy atom. The lowest BCUT2D eigenvalue weighted by molar-refractivity contribution is -0.148. The number of hydrogen-bond donors (Lipinski definition) is 0. The van der Waals surface area contributed by atoms with Gasteiger partial charge in [0.15, 0.2) is 0 Å². The van der Waals surface area contributed by atoms with Crippen molar-refractivity contribution in [2.75, 3.05) is 20.3 Å². The molecule has 1 atom stereocenters. The van der Waals surface area contributed by atoms with Crippen LogP contribution in [0.1, 0.15) is 64.7 Å². The predicted octanol–water partition coefficient (Wildman–Crippen LogP) is 3.51. The summed E-state index contributed by atoms with van der Waals surface area (Å²) in [5, 5.41) is 0. The largest absolute Gasteiger partial charge is 0.464 e. The molecule has 1 saturated heterocycles. The number of likely N-dealkylation sites (tertiary alicyclic amines) is 1. The maximum absolute atomic E-state index is 12.0. The minimum Gasteiger partial charge on any atom is -0.464 e. The molecule has 1 amide bonds. The smallest absolute Gasteiger partial charge is 0.410 e. The van der Waals surface area contributed by atoms with E-state index >= 15 is 0 Å². The second kappa shape index (κ2) is 10.5. The summed E-state index contributed by atoms with van der Waals surface area (Å²) < 4.78 is 9.97. The molecule has 0 aromatic carbocycles. The molecule has 1 fully saturated rings. The van der Waals surface area contributed by atoms with Crippen LogP contribution in [0, 0.1) is 0 Å². The standard InChI is InChI=1S/C16H29NO4/c1-3-4-5-6-7-8-9-13-21-15(18)14-11-10-12-17(14)16(19)20-2/h14H,3-13H2,1-2H3. The van der Waals surface area contributed by atoms with Crippen molar-refractivity contribution in [1.29, 1.82) is 0 Å². The zero-order valence-electron chi connectivity index (χ0n) is 13.4. The van der Waals surface area contributed by atoms with Gasteiger partial charge >= 0.3 is 12.1 Å². The topological polar surface area (TPSA) is 55.8 Å². The van der Waals surface area contributed by atoms with E-state index in [0.717, 1.165) is 19.3 Å². The highest BCUT2D eigenvalue weighted by atomic mass is 16.6. The molecule has 0 aliphatic carbocycles. The fraction of sp³-hybridized carbons (Fsp3) is 0.875. The minimum absolute atomic E-state index is 0.288. The van der Waals surface area contributed by atoms with Crippen molar-refractivity contribution in [2.24, 2.45) is 0 Å². The van der Waals surface area contributed by atoms with E-state index in [0.29, 0.717) is 19.6 Å². The molecule has 0 N–H and O–H groups in total. The van der Waals surface area contributed by atoms with Gasteiger partial charge in [0.2, 0.25) is 0 Å². The highest BCUT2D eigenvalue weighted by molar-refractivity contribution is 5.82. The predicted molar refractivity (Wildman–Crippen MR) is 81.1 cm³/mol. The van der Waals surface area contributed by atoms with Crippen molar-refractivity contribution in [3.63, 3.8) is 0 Å². The molecule has 21 heavy (non-hydrogen) atoms. The SMILES string of the molecule is CCCCCCCCCOC(=O)C1CCCN1C(=O)OC. The summed E-state index contributed by atoms with van der Waals surface area (Å²) in [5.41, 5.74) is 0. The van der Waals surface area contributed by atoms with Gasteiger partial charge in [-0.05, 0) is 19.3 Å². The van der Waals surface area contributed by atoms with Crippen LogP contribution in [0.25, 0.3) is 0 Å². The lowest BCUT2D eigenvalue weighted by Gasteiger charge is -2.21. The first-order valence-corrected chi connectivity index (χ1v) is 8.22. The van der Waals surface area contributed by atoms with Crippen LogP contribution in [-0.2, 0) is 14.3 Å². The van der Waals surface area contributed by atoms with Crippen LogP contribution in [-0.4, -0.2) is 43.3 Å². The fourth-order valence-corrected chi connectivity index (χ4v) is 2.68. The molecule has 1 unspecified atom stereocenters. The van der Waals surface area contributed by atoms with Crippen LogP contribution in [0.5, 0.6) is 0 Å². The van der Waals surface area contributed by atoms with E-state index in [-0.39, 0.29) is 5.97 Å². The van der Waals surface area contributed by atoms with E-state index in [9.17, 15) is 9.59 Å². The third-order valence-electron chi connectivity index (χ3n) is 3.93. The maximum atomic E-state index is 12.0. The third kappa shape index (κ3) is 6.36. The van der Waals surface area contributed by atoms with Gasteiger partial charge in [-0.25, -0.2) is 9.59 Å². The summed E-state index contributed by atoms with van der Waals surface area (Å²) in [5.74, 6) is -0.288. The Morgan fingerprint density at radius 2 is 1.76 bits per heavy atom. The van der Waals surface area contributed by atoms with Crippen molar-refractivity contribution < 1.29 is 19.1 Å². The molecule has 0 saturated carbocycles. The van der Waals surface area contributed by atoms with Crippen LogP contribution in [0.3, 0.4) is 0 Å². The van der Waals surface area contributed by atoms with Crippen LogP contribution in [0.4, 0.5) is 4.79 Å². The Bertz CT molecular complexity index is 319. The van der Waals surface area contributed by atoms with Gasteiger partial charge in [0.05, 0.1) is 13.7 Å². The fourth-order valence-electron chi connectivity index (χ4n) is 2.68. The number of unbranched alkanes of at least 4 members (excludes halogenated alkanes) is 6. The number of carbonyl (C=O) groups excluding carboxylic acids is 2. The Kier molecular flexibility index (Phi) is 8.87. The molecule has 0 aromatic rings. The van der Waals surface area contributed by atoms with Gasteiger partial charge in [0.1, 0.15) is 6.04 Å². The van der Waals surface area contributed by atoms with Gasteiger partial charge in [-0.15, -0.1) is 0 Å². The van der Waals surface area contributed by atoms with E-state index in [4.69, 9.17) is 4.74 Å². The van der Waals surface area contributed by atoms with Crippen LogP contribution in [0.15, 0.2) is 0 Å². The number of carbonyl (C=O) groups is 2. The van der Waals surface area contributed by atoms with E-state index < -0.39 is 12.1 Å². The number of ether oxygens (including phenoxy) is 2. The summed E-state index contributed by atoms with van der Waals surface area (Å²) in [6, 6.07) is -0.456.